The van der Waals surface area contributed by atoms with E-state index in [0.717, 1.165) is 5.69 Å². The van der Waals surface area contributed by atoms with Crippen molar-refractivity contribution in [2.45, 2.75) is 45.9 Å². The second-order valence-electron chi connectivity index (χ2n) is 7.63. The Morgan fingerprint density at radius 3 is 2.09 bits per heavy atom. The molecule has 0 aliphatic rings. The maximum atomic E-state index is 11.7. The topological polar surface area (TPSA) is 217 Å². The molecule has 14 heteroatoms. The van der Waals surface area contributed by atoms with Crippen LogP contribution in [0, 0.1) is 0 Å². The summed E-state index contributed by atoms with van der Waals surface area (Å²) in [6, 6.07) is 6.76. The van der Waals surface area contributed by atoms with Crippen molar-refractivity contribution >= 4 is 23.4 Å². The Bertz CT molecular complexity index is 1020. The van der Waals surface area contributed by atoms with E-state index in [4.69, 9.17) is 21.5 Å². The van der Waals surface area contributed by atoms with E-state index in [-0.39, 0.29) is 32.0 Å². The van der Waals surface area contributed by atoms with Gasteiger partial charge < -0.3 is 21.1 Å². The Labute approximate surface area is 196 Å². The summed E-state index contributed by atoms with van der Waals surface area (Å²) in [7, 11) is 0. The van der Waals surface area contributed by atoms with Crippen molar-refractivity contribution in [1.82, 2.24) is 15.3 Å². The minimum Gasteiger partial charge on any atom is -0.444 e. The van der Waals surface area contributed by atoms with E-state index in [1.165, 1.54) is 12.4 Å². The number of nitrogens with zero attached hydrogens (tertiary/aromatic N) is 8. The molecule has 0 aliphatic carbocycles. The maximum absolute atomic E-state index is 11.7. The number of carbonyl (C=O) groups is 2. The fraction of sp³-hybridized carbons (Fsp3) is 0.400. The molecule has 4 N–H and O–H groups in total. The molecule has 0 atom stereocenters. The van der Waals surface area contributed by atoms with Gasteiger partial charge in [-0.2, -0.15) is 0 Å². The number of amides is 2. The van der Waals surface area contributed by atoms with Crippen LogP contribution in [0.2, 0.25) is 0 Å². The molecule has 0 fully saturated rings. The van der Waals surface area contributed by atoms with Gasteiger partial charge in [0.15, 0.2) is 0 Å². The van der Waals surface area contributed by atoms with Crippen LogP contribution in [0.5, 0.6) is 0 Å². The van der Waals surface area contributed by atoms with Gasteiger partial charge in [-0.05, 0) is 56.1 Å². The van der Waals surface area contributed by atoms with Crippen LogP contribution in [0.1, 0.15) is 38.6 Å². The van der Waals surface area contributed by atoms with Gasteiger partial charge in [-0.1, -0.05) is 10.2 Å². The number of nitrogens with two attached hydrogens (primary N) is 1. The Kier molecular flexibility index (Phi) is 11.7. The van der Waals surface area contributed by atoms with Gasteiger partial charge in [0.05, 0.1) is 36.9 Å². The summed E-state index contributed by atoms with van der Waals surface area (Å²) in [4.78, 5) is 36.4. The summed E-state index contributed by atoms with van der Waals surface area (Å²) in [6.07, 6.45) is 2.55. The molecule has 2 aromatic heterocycles. The number of aromatic nitrogens is 2. The summed E-state index contributed by atoms with van der Waals surface area (Å²) in [5.41, 5.74) is 23.5. The molecular formula is C20H27N11O3. The molecule has 2 rings (SSSR count). The van der Waals surface area contributed by atoms with Gasteiger partial charge in [0.1, 0.15) is 5.60 Å². The van der Waals surface area contributed by atoms with Crippen molar-refractivity contribution in [3.05, 3.63) is 68.9 Å². The summed E-state index contributed by atoms with van der Waals surface area (Å²) < 4.78 is 5.06. The monoisotopic (exact) mass is 469 g/mol. The van der Waals surface area contributed by atoms with Crippen LogP contribution in [-0.4, -0.2) is 34.1 Å². The summed E-state index contributed by atoms with van der Waals surface area (Å²) in [5.74, 6) is -0.259. The summed E-state index contributed by atoms with van der Waals surface area (Å²) in [5, 5.41) is 11.9. The van der Waals surface area contributed by atoms with Gasteiger partial charge >= 0.3 is 6.09 Å². The number of nitrogen functional groups attached to an aromatic ring is 1. The Morgan fingerprint density at radius 1 is 1.03 bits per heavy atom. The minimum absolute atomic E-state index is 0.111. The summed E-state index contributed by atoms with van der Waals surface area (Å²) >= 11 is 0. The predicted octanol–water partition coefficient (Wildman–Crippen LogP) is 4.22. The predicted molar refractivity (Wildman–Crippen MR) is 126 cm³/mol. The van der Waals surface area contributed by atoms with Crippen LogP contribution in [0.15, 0.2) is 46.9 Å². The van der Waals surface area contributed by atoms with Crippen LogP contribution in [0.4, 0.5) is 16.2 Å². The van der Waals surface area contributed by atoms with Crippen LogP contribution in [0.25, 0.3) is 20.9 Å². The molecule has 0 spiro atoms. The van der Waals surface area contributed by atoms with Crippen molar-refractivity contribution in [3.8, 4) is 0 Å². The van der Waals surface area contributed by atoms with Gasteiger partial charge in [-0.3, -0.25) is 14.8 Å². The molecule has 0 saturated heterocycles. The molecule has 0 bridgehead atoms. The van der Waals surface area contributed by atoms with E-state index >= 15 is 0 Å². The lowest BCUT2D eigenvalue weighted by molar-refractivity contribution is -0.116. The number of hydrogen-bond donors (Lipinski definition) is 3. The molecule has 0 unspecified atom stereocenters. The zero-order valence-corrected chi connectivity index (χ0v) is 19.2. The highest BCUT2D eigenvalue weighted by molar-refractivity contribution is 5.90. The Hall–Kier alpha value is -4.54. The molecule has 14 nitrogen and oxygen atoms in total. The van der Waals surface area contributed by atoms with Crippen LogP contribution >= 0.6 is 0 Å². The smallest absolute Gasteiger partial charge is 0.407 e. The van der Waals surface area contributed by atoms with E-state index in [1.807, 2.05) is 0 Å². The first-order valence-corrected chi connectivity index (χ1v) is 10.1. The van der Waals surface area contributed by atoms with E-state index < -0.39 is 11.7 Å². The number of alkyl carbamates (subject to hydrolysis) is 1. The molecule has 0 radical (unpaired) electrons. The fourth-order valence-electron chi connectivity index (χ4n) is 2.15. The number of ether oxygens (including phenoxy) is 1. The van der Waals surface area contributed by atoms with Crippen molar-refractivity contribution in [1.29, 1.82) is 0 Å². The van der Waals surface area contributed by atoms with Crippen molar-refractivity contribution < 1.29 is 14.3 Å². The second kappa shape index (κ2) is 14.5. The van der Waals surface area contributed by atoms with Crippen molar-refractivity contribution in [2.75, 3.05) is 17.6 Å². The highest BCUT2D eigenvalue weighted by Gasteiger charge is 2.15. The molecule has 34 heavy (non-hydrogen) atoms. The lowest BCUT2D eigenvalue weighted by Gasteiger charge is -2.19. The van der Waals surface area contributed by atoms with E-state index in [2.05, 4.69) is 40.7 Å². The van der Waals surface area contributed by atoms with Crippen molar-refractivity contribution in [2.24, 2.45) is 10.2 Å². The lowest BCUT2D eigenvalue weighted by Crippen LogP contribution is -2.34. The first-order chi connectivity index (χ1) is 16.1. The molecular weight excluding hydrogens is 442 g/mol. The zero-order valence-electron chi connectivity index (χ0n) is 19.2. The molecule has 2 aromatic rings. The van der Waals surface area contributed by atoms with Crippen molar-refractivity contribution in [3.63, 3.8) is 0 Å². The highest BCUT2D eigenvalue weighted by Crippen LogP contribution is 2.08. The number of rotatable bonds is 8. The third-order valence-corrected chi connectivity index (χ3v) is 3.57. The normalized spacial score (nSPS) is 9.85. The largest absolute Gasteiger partial charge is 0.444 e. The number of azide groups is 2. The third kappa shape index (κ3) is 13.0. The van der Waals surface area contributed by atoms with E-state index in [9.17, 15) is 9.59 Å². The molecule has 0 aromatic carbocycles. The Balaban J connectivity index is 0.000000437. The first kappa shape index (κ1) is 27.5. The maximum Gasteiger partial charge on any atom is 0.407 e. The standard InChI is InChI=1S/C14H20N6O3.C6H7N5/c1-14(2,3)23-13(22)16-7-6-12(21)19-11-5-4-10(17-8-11)9-18-20-15;7-5-1-2-6(9-3-5)4-10-11-8/h4-5,8H,6-7,9H2,1-3H3,(H,16,22)(H,19,21);1-3H,4,7H2. The van der Waals surface area contributed by atoms with E-state index in [0.29, 0.717) is 17.1 Å². The van der Waals surface area contributed by atoms with Gasteiger partial charge in [0.2, 0.25) is 5.91 Å². The first-order valence-electron chi connectivity index (χ1n) is 10.1. The minimum atomic E-state index is -0.574. The van der Waals surface area contributed by atoms with Gasteiger partial charge in [0, 0.05) is 34.2 Å². The van der Waals surface area contributed by atoms with Crippen LogP contribution in [-0.2, 0) is 22.6 Å². The summed E-state index contributed by atoms with van der Waals surface area (Å²) in [6.45, 7) is 5.89. The fourth-order valence-corrected chi connectivity index (χ4v) is 2.15. The number of carbonyl (C=O) groups excluding carboxylic acids is 2. The van der Waals surface area contributed by atoms with Gasteiger partial charge in [-0.25, -0.2) is 4.79 Å². The third-order valence-electron chi connectivity index (χ3n) is 3.57. The molecule has 2 amide bonds. The number of hydrogen-bond acceptors (Lipinski definition) is 8. The molecule has 2 heterocycles. The van der Waals surface area contributed by atoms with Crippen LogP contribution < -0.4 is 16.4 Å². The SMILES string of the molecule is CC(C)(C)OC(=O)NCCC(=O)Nc1ccc(CN=[N+]=[N-])nc1.[N-]=[N+]=NCc1ccc(N)cn1. The number of nitrogens with one attached hydrogen (secondary N) is 2. The Morgan fingerprint density at radius 2 is 1.62 bits per heavy atom. The average molecular weight is 470 g/mol. The zero-order chi connectivity index (χ0) is 25.4. The molecule has 0 saturated carbocycles. The van der Waals surface area contributed by atoms with Crippen LogP contribution in [0.3, 0.4) is 0 Å². The average Bonchev–Trinajstić information content (AvgIpc) is 2.77. The number of pyridine rings is 2. The molecule has 0 aliphatic heterocycles. The van der Waals surface area contributed by atoms with Gasteiger partial charge in [-0.15, -0.1) is 0 Å². The number of anilines is 2. The highest BCUT2D eigenvalue weighted by atomic mass is 16.6. The molecule has 180 valence electrons. The lowest BCUT2D eigenvalue weighted by atomic mass is 10.2. The van der Waals surface area contributed by atoms with Gasteiger partial charge in [0.25, 0.3) is 0 Å². The second-order valence-corrected chi connectivity index (χ2v) is 7.63. The quantitative estimate of drug-likeness (QED) is 0.292. The van der Waals surface area contributed by atoms with E-state index in [1.54, 1.807) is 45.0 Å².